The fraction of sp³-hybridized carbons (Fsp3) is 0.562. The highest BCUT2D eigenvalue weighted by Gasteiger charge is 2.22. The van der Waals surface area contributed by atoms with Crippen LogP contribution in [0, 0.1) is 0 Å². The molecule has 3 nitrogen and oxygen atoms in total. The lowest BCUT2D eigenvalue weighted by Gasteiger charge is -2.25. The number of rotatable bonds is 8. The predicted molar refractivity (Wildman–Crippen MR) is 86.3 cm³/mol. The number of unbranched alkanes of at least 4 members (excludes halogenated alkanes) is 2. The molecule has 0 aromatic heterocycles. The van der Waals surface area contributed by atoms with Crippen molar-refractivity contribution in [3.05, 3.63) is 28.2 Å². The Morgan fingerprint density at radius 3 is 2.57 bits per heavy atom. The highest BCUT2D eigenvalue weighted by molar-refractivity contribution is 6.35. The second-order valence-corrected chi connectivity index (χ2v) is 6.40. The molecule has 5 heteroatoms. The van der Waals surface area contributed by atoms with Crippen molar-refractivity contribution in [2.24, 2.45) is 0 Å². The fourth-order valence-electron chi connectivity index (χ4n) is 1.92. The van der Waals surface area contributed by atoms with Gasteiger partial charge in [0, 0.05) is 5.02 Å². The first kappa shape index (κ1) is 18.1. The van der Waals surface area contributed by atoms with Crippen molar-refractivity contribution >= 4 is 29.2 Å². The van der Waals surface area contributed by atoms with E-state index in [9.17, 15) is 4.79 Å². The normalized spacial score (nSPS) is 11.3. The predicted octanol–water partition coefficient (Wildman–Crippen LogP) is 5.27. The van der Waals surface area contributed by atoms with Gasteiger partial charge in [0.25, 0.3) is 0 Å². The summed E-state index contributed by atoms with van der Waals surface area (Å²) in [5, 5.41) is 0.893. The maximum atomic E-state index is 11.8. The first-order valence-corrected chi connectivity index (χ1v) is 7.89. The van der Waals surface area contributed by atoms with Crippen LogP contribution >= 0.6 is 23.2 Å². The van der Waals surface area contributed by atoms with Gasteiger partial charge in [0.1, 0.15) is 11.4 Å². The van der Waals surface area contributed by atoms with Crippen molar-refractivity contribution in [2.45, 2.75) is 52.1 Å². The number of ether oxygens (including phenoxy) is 2. The molecule has 118 valence electrons. The summed E-state index contributed by atoms with van der Waals surface area (Å²) in [5.74, 6) is 0.0179. The van der Waals surface area contributed by atoms with Crippen LogP contribution in [0.15, 0.2) is 18.2 Å². The Balaban J connectivity index is 2.43. The van der Waals surface area contributed by atoms with Gasteiger partial charge in [-0.2, -0.15) is 0 Å². The first-order chi connectivity index (χ1) is 9.84. The first-order valence-electron chi connectivity index (χ1n) is 7.14. The minimum Gasteiger partial charge on any atom is -0.480 e. The molecular formula is C16H22Cl2O3. The van der Waals surface area contributed by atoms with Gasteiger partial charge in [0.05, 0.1) is 5.02 Å². The second kappa shape index (κ2) is 8.50. The third-order valence-corrected chi connectivity index (χ3v) is 3.54. The molecule has 21 heavy (non-hydrogen) atoms. The summed E-state index contributed by atoms with van der Waals surface area (Å²) in [6, 6.07) is 4.85. The largest absolute Gasteiger partial charge is 0.480 e. The molecule has 0 N–H and O–H groups in total. The van der Waals surface area contributed by atoms with Crippen LogP contribution < -0.4 is 4.74 Å². The molecule has 0 aliphatic carbocycles. The summed E-state index contributed by atoms with van der Waals surface area (Å²) in [4.78, 5) is 11.8. The van der Waals surface area contributed by atoms with Crippen LogP contribution in [-0.4, -0.2) is 18.2 Å². The quantitative estimate of drug-likeness (QED) is 0.480. The molecular weight excluding hydrogens is 311 g/mol. The van der Waals surface area contributed by atoms with E-state index in [2.05, 4.69) is 6.92 Å². The molecule has 0 unspecified atom stereocenters. The van der Waals surface area contributed by atoms with Crippen molar-refractivity contribution in [3.63, 3.8) is 0 Å². The fourth-order valence-corrected chi connectivity index (χ4v) is 2.38. The zero-order valence-corrected chi connectivity index (χ0v) is 14.3. The van der Waals surface area contributed by atoms with Crippen molar-refractivity contribution in [3.8, 4) is 5.75 Å². The van der Waals surface area contributed by atoms with Crippen LogP contribution in [0.1, 0.15) is 46.5 Å². The highest BCUT2D eigenvalue weighted by Crippen LogP contribution is 2.27. The van der Waals surface area contributed by atoms with E-state index in [1.165, 1.54) is 0 Å². The zero-order chi connectivity index (χ0) is 15.9. The standard InChI is InChI=1S/C16H22Cl2O3/c1-4-5-6-9-16(2,3)21-15(19)11-20-14-8-7-12(17)10-13(14)18/h7-8,10H,4-6,9,11H2,1-3H3. The van der Waals surface area contributed by atoms with Gasteiger partial charge in [-0.15, -0.1) is 0 Å². The van der Waals surface area contributed by atoms with Crippen molar-refractivity contribution in [2.75, 3.05) is 6.61 Å². The third kappa shape index (κ3) is 7.05. The molecule has 0 saturated heterocycles. The molecule has 0 saturated carbocycles. The number of benzene rings is 1. The van der Waals surface area contributed by atoms with E-state index >= 15 is 0 Å². The topological polar surface area (TPSA) is 35.5 Å². The molecule has 0 amide bonds. The van der Waals surface area contributed by atoms with Crippen LogP contribution in [0.3, 0.4) is 0 Å². The maximum absolute atomic E-state index is 11.8. The van der Waals surface area contributed by atoms with E-state index in [4.69, 9.17) is 32.7 Å². The molecule has 0 fully saturated rings. The van der Waals surface area contributed by atoms with Gasteiger partial charge in [-0.05, 0) is 44.9 Å². The van der Waals surface area contributed by atoms with E-state index in [0.29, 0.717) is 15.8 Å². The number of hydrogen-bond acceptors (Lipinski definition) is 3. The minimum absolute atomic E-state index is 0.168. The van der Waals surface area contributed by atoms with E-state index in [-0.39, 0.29) is 6.61 Å². The summed E-state index contributed by atoms with van der Waals surface area (Å²) < 4.78 is 10.8. The molecule has 1 aromatic carbocycles. The summed E-state index contributed by atoms with van der Waals surface area (Å²) in [6.07, 6.45) is 4.16. The molecule has 0 spiro atoms. The molecule has 0 radical (unpaired) electrons. The van der Waals surface area contributed by atoms with Crippen LogP contribution in [-0.2, 0) is 9.53 Å². The zero-order valence-electron chi connectivity index (χ0n) is 12.7. The maximum Gasteiger partial charge on any atom is 0.344 e. The molecule has 1 rings (SSSR count). The van der Waals surface area contributed by atoms with Gasteiger partial charge in [0.15, 0.2) is 6.61 Å². The van der Waals surface area contributed by atoms with Gasteiger partial charge in [-0.1, -0.05) is 43.0 Å². The molecule has 0 aliphatic heterocycles. The van der Waals surface area contributed by atoms with Gasteiger partial charge in [-0.3, -0.25) is 0 Å². The lowest BCUT2D eigenvalue weighted by Crippen LogP contribution is -2.30. The SMILES string of the molecule is CCCCCC(C)(C)OC(=O)COc1ccc(Cl)cc1Cl. The molecule has 0 heterocycles. The summed E-state index contributed by atoms with van der Waals surface area (Å²) in [6.45, 7) is 5.80. The smallest absolute Gasteiger partial charge is 0.344 e. The summed E-state index contributed by atoms with van der Waals surface area (Å²) in [7, 11) is 0. The summed E-state index contributed by atoms with van der Waals surface area (Å²) in [5.41, 5.74) is -0.473. The Kier molecular flexibility index (Phi) is 7.33. The van der Waals surface area contributed by atoms with E-state index in [1.807, 2.05) is 13.8 Å². The van der Waals surface area contributed by atoms with Crippen LogP contribution in [0.4, 0.5) is 0 Å². The highest BCUT2D eigenvalue weighted by atomic mass is 35.5. The third-order valence-electron chi connectivity index (χ3n) is 3.01. The number of esters is 1. The Morgan fingerprint density at radius 2 is 1.95 bits per heavy atom. The molecule has 0 aliphatic rings. The number of halogens is 2. The van der Waals surface area contributed by atoms with Gasteiger partial charge < -0.3 is 9.47 Å². The van der Waals surface area contributed by atoms with E-state index < -0.39 is 11.6 Å². The van der Waals surface area contributed by atoms with Gasteiger partial charge in [-0.25, -0.2) is 4.79 Å². The van der Waals surface area contributed by atoms with Crippen LogP contribution in [0.5, 0.6) is 5.75 Å². The lowest BCUT2D eigenvalue weighted by atomic mass is 10.0. The van der Waals surface area contributed by atoms with E-state index in [0.717, 1.165) is 25.7 Å². The van der Waals surface area contributed by atoms with Crippen molar-refractivity contribution < 1.29 is 14.3 Å². The Hall–Kier alpha value is -0.930. The Bertz CT molecular complexity index is 473. The molecule has 0 atom stereocenters. The van der Waals surface area contributed by atoms with Gasteiger partial charge in [0.2, 0.25) is 0 Å². The van der Waals surface area contributed by atoms with Gasteiger partial charge >= 0.3 is 5.97 Å². The molecule has 0 bridgehead atoms. The number of carbonyl (C=O) groups excluding carboxylic acids is 1. The number of carbonyl (C=O) groups is 1. The second-order valence-electron chi connectivity index (χ2n) is 5.55. The monoisotopic (exact) mass is 332 g/mol. The number of hydrogen-bond donors (Lipinski definition) is 0. The Morgan fingerprint density at radius 1 is 1.24 bits per heavy atom. The van der Waals surface area contributed by atoms with Crippen LogP contribution in [0.2, 0.25) is 10.0 Å². The van der Waals surface area contributed by atoms with Crippen molar-refractivity contribution in [1.29, 1.82) is 0 Å². The summed E-state index contributed by atoms with van der Waals surface area (Å²) >= 11 is 11.8. The Labute approximate surface area is 136 Å². The minimum atomic E-state index is -0.473. The van der Waals surface area contributed by atoms with Crippen LogP contribution in [0.25, 0.3) is 0 Å². The average Bonchev–Trinajstić information content (AvgIpc) is 2.37. The van der Waals surface area contributed by atoms with E-state index in [1.54, 1.807) is 18.2 Å². The lowest BCUT2D eigenvalue weighted by molar-refractivity contribution is -0.159. The molecule has 1 aromatic rings. The average molecular weight is 333 g/mol. The van der Waals surface area contributed by atoms with Crippen molar-refractivity contribution in [1.82, 2.24) is 0 Å².